The van der Waals surface area contributed by atoms with E-state index in [1.54, 1.807) is 12.1 Å². The molecule has 2 aromatic heterocycles. The predicted molar refractivity (Wildman–Crippen MR) is 79.1 cm³/mol. The third-order valence-corrected chi connectivity index (χ3v) is 3.67. The van der Waals surface area contributed by atoms with Crippen molar-refractivity contribution in [2.75, 3.05) is 5.32 Å². The molecule has 0 aliphatic rings. The summed E-state index contributed by atoms with van der Waals surface area (Å²) in [6.45, 7) is 0. The third kappa shape index (κ3) is 2.43. The minimum atomic E-state index is -0.957. The lowest BCUT2D eigenvalue weighted by Crippen LogP contribution is -1.98. The normalized spacial score (nSPS) is 10.7. The average Bonchev–Trinajstić information content (AvgIpc) is 2.87. The Morgan fingerprint density at radius 3 is 2.65 bits per heavy atom. The standard InChI is InChI=1S/C13H8ClN3O2S/c14-13-16-10(9-5-6-20-11(9)17-13)15-8-3-1-7(2-4-8)12(18)19/h1-6H,(H,18,19)(H,15,16,17). The SMILES string of the molecule is O=C(O)c1ccc(Nc2nc(Cl)nc3sccc23)cc1. The molecule has 100 valence electrons. The highest BCUT2D eigenvalue weighted by Gasteiger charge is 2.08. The molecule has 0 aliphatic heterocycles. The zero-order valence-electron chi connectivity index (χ0n) is 10.0. The molecule has 1 aromatic carbocycles. The van der Waals surface area contributed by atoms with Gasteiger partial charge < -0.3 is 10.4 Å². The van der Waals surface area contributed by atoms with Crippen LogP contribution in [0.5, 0.6) is 0 Å². The second-order valence-corrected chi connectivity index (χ2v) is 5.22. The number of aromatic nitrogens is 2. The lowest BCUT2D eigenvalue weighted by molar-refractivity contribution is 0.0697. The maximum atomic E-state index is 10.8. The smallest absolute Gasteiger partial charge is 0.335 e. The highest BCUT2D eigenvalue weighted by atomic mass is 35.5. The van der Waals surface area contributed by atoms with E-state index in [0.29, 0.717) is 5.82 Å². The maximum absolute atomic E-state index is 10.8. The van der Waals surface area contributed by atoms with Crippen LogP contribution >= 0.6 is 22.9 Å². The van der Waals surface area contributed by atoms with Crippen molar-refractivity contribution < 1.29 is 9.90 Å². The van der Waals surface area contributed by atoms with Gasteiger partial charge in [-0.15, -0.1) is 11.3 Å². The molecule has 0 atom stereocenters. The predicted octanol–water partition coefficient (Wildman–Crippen LogP) is 3.79. The second-order valence-electron chi connectivity index (χ2n) is 3.99. The highest BCUT2D eigenvalue weighted by molar-refractivity contribution is 7.16. The summed E-state index contributed by atoms with van der Waals surface area (Å²) in [6, 6.07) is 8.32. The van der Waals surface area contributed by atoms with E-state index in [9.17, 15) is 4.79 Å². The number of thiophene rings is 1. The number of rotatable bonds is 3. The van der Waals surface area contributed by atoms with Gasteiger partial charge in [-0.1, -0.05) is 0 Å². The topological polar surface area (TPSA) is 75.1 Å². The molecule has 0 saturated heterocycles. The van der Waals surface area contributed by atoms with Gasteiger partial charge in [-0.25, -0.2) is 9.78 Å². The van der Waals surface area contributed by atoms with E-state index in [4.69, 9.17) is 16.7 Å². The van der Waals surface area contributed by atoms with E-state index in [-0.39, 0.29) is 10.8 Å². The van der Waals surface area contributed by atoms with Gasteiger partial charge in [0.1, 0.15) is 10.6 Å². The van der Waals surface area contributed by atoms with Crippen molar-refractivity contribution >= 4 is 50.6 Å². The van der Waals surface area contributed by atoms with Gasteiger partial charge in [0.05, 0.1) is 10.9 Å². The number of hydrogen-bond acceptors (Lipinski definition) is 5. The summed E-state index contributed by atoms with van der Waals surface area (Å²) in [6.07, 6.45) is 0. The van der Waals surface area contributed by atoms with Gasteiger partial charge in [0.15, 0.2) is 0 Å². The van der Waals surface area contributed by atoms with Crippen LogP contribution in [0.1, 0.15) is 10.4 Å². The fraction of sp³-hybridized carbons (Fsp3) is 0. The van der Waals surface area contributed by atoms with Crippen molar-refractivity contribution in [2.24, 2.45) is 0 Å². The lowest BCUT2D eigenvalue weighted by Gasteiger charge is -2.07. The Morgan fingerprint density at radius 1 is 1.20 bits per heavy atom. The molecular formula is C13H8ClN3O2S. The van der Waals surface area contributed by atoms with Crippen LogP contribution in [0.4, 0.5) is 11.5 Å². The van der Waals surface area contributed by atoms with Crippen molar-refractivity contribution in [1.29, 1.82) is 0 Å². The van der Waals surface area contributed by atoms with E-state index in [1.165, 1.54) is 23.5 Å². The number of fused-ring (bicyclic) bond motifs is 1. The maximum Gasteiger partial charge on any atom is 0.335 e. The second kappa shape index (κ2) is 5.07. The molecule has 0 aliphatic carbocycles. The van der Waals surface area contributed by atoms with Crippen LogP contribution in [0.2, 0.25) is 5.28 Å². The van der Waals surface area contributed by atoms with Gasteiger partial charge in [0.25, 0.3) is 0 Å². The Morgan fingerprint density at radius 2 is 1.95 bits per heavy atom. The van der Waals surface area contributed by atoms with Crippen LogP contribution in [-0.4, -0.2) is 21.0 Å². The molecule has 20 heavy (non-hydrogen) atoms. The summed E-state index contributed by atoms with van der Waals surface area (Å²) in [4.78, 5) is 19.9. The molecule has 0 unspecified atom stereocenters. The zero-order valence-corrected chi connectivity index (χ0v) is 11.6. The summed E-state index contributed by atoms with van der Waals surface area (Å²) in [5.41, 5.74) is 0.967. The molecule has 3 aromatic rings. The van der Waals surface area contributed by atoms with E-state index in [2.05, 4.69) is 15.3 Å². The van der Waals surface area contributed by atoms with Gasteiger partial charge >= 0.3 is 5.97 Å². The number of benzene rings is 1. The van der Waals surface area contributed by atoms with Crippen molar-refractivity contribution in [3.63, 3.8) is 0 Å². The van der Waals surface area contributed by atoms with Crippen molar-refractivity contribution in [2.45, 2.75) is 0 Å². The minimum absolute atomic E-state index is 0.171. The summed E-state index contributed by atoms with van der Waals surface area (Å²) >= 11 is 7.36. The molecule has 2 N–H and O–H groups in total. The third-order valence-electron chi connectivity index (χ3n) is 2.69. The van der Waals surface area contributed by atoms with Crippen LogP contribution in [0.3, 0.4) is 0 Å². The number of carboxylic acids is 1. The molecule has 0 fully saturated rings. The average molecular weight is 306 g/mol. The Balaban J connectivity index is 1.96. The molecule has 3 rings (SSSR count). The number of carboxylic acid groups (broad SMARTS) is 1. The first-order chi connectivity index (χ1) is 9.63. The first kappa shape index (κ1) is 12.8. The molecule has 0 saturated carbocycles. The molecule has 0 bridgehead atoms. The van der Waals surface area contributed by atoms with Gasteiger partial charge in [-0.05, 0) is 47.3 Å². The van der Waals surface area contributed by atoms with Crippen molar-refractivity contribution in [3.05, 3.63) is 46.6 Å². The number of carbonyl (C=O) groups is 1. The largest absolute Gasteiger partial charge is 0.478 e. The Kier molecular flexibility index (Phi) is 3.25. The van der Waals surface area contributed by atoms with Crippen molar-refractivity contribution in [1.82, 2.24) is 9.97 Å². The van der Waals surface area contributed by atoms with Crippen LogP contribution in [0, 0.1) is 0 Å². The molecule has 0 radical (unpaired) electrons. The Hall–Kier alpha value is -2.18. The molecule has 7 heteroatoms. The minimum Gasteiger partial charge on any atom is -0.478 e. The molecular weight excluding hydrogens is 298 g/mol. The highest BCUT2D eigenvalue weighted by Crippen LogP contribution is 2.28. The van der Waals surface area contributed by atoms with E-state index in [0.717, 1.165) is 15.9 Å². The van der Waals surface area contributed by atoms with Crippen LogP contribution in [-0.2, 0) is 0 Å². The first-order valence-electron chi connectivity index (χ1n) is 5.64. The summed E-state index contributed by atoms with van der Waals surface area (Å²) in [7, 11) is 0. The van der Waals surface area contributed by atoms with Gasteiger partial charge in [-0.2, -0.15) is 4.98 Å². The molecule has 0 amide bonds. The van der Waals surface area contributed by atoms with E-state index in [1.807, 2.05) is 11.4 Å². The van der Waals surface area contributed by atoms with E-state index >= 15 is 0 Å². The molecule has 5 nitrogen and oxygen atoms in total. The number of anilines is 2. The fourth-order valence-corrected chi connectivity index (χ4v) is 2.74. The van der Waals surface area contributed by atoms with E-state index < -0.39 is 5.97 Å². The van der Waals surface area contributed by atoms with Crippen LogP contribution in [0.25, 0.3) is 10.2 Å². The Bertz CT molecular complexity index is 786. The van der Waals surface area contributed by atoms with Crippen molar-refractivity contribution in [3.8, 4) is 0 Å². The summed E-state index contributed by atoms with van der Waals surface area (Å²) in [5.74, 6) is -0.355. The number of nitrogens with one attached hydrogen (secondary N) is 1. The summed E-state index contributed by atoms with van der Waals surface area (Å²) < 4.78 is 0. The van der Waals surface area contributed by atoms with Crippen LogP contribution < -0.4 is 5.32 Å². The number of aromatic carboxylic acids is 1. The first-order valence-corrected chi connectivity index (χ1v) is 6.90. The molecule has 0 spiro atoms. The Labute approximate surface area is 122 Å². The zero-order chi connectivity index (χ0) is 14.1. The number of hydrogen-bond donors (Lipinski definition) is 2. The quantitative estimate of drug-likeness (QED) is 0.720. The number of nitrogens with zero attached hydrogens (tertiary/aromatic N) is 2. The van der Waals surface area contributed by atoms with Gasteiger partial charge in [0.2, 0.25) is 5.28 Å². The van der Waals surface area contributed by atoms with Gasteiger partial charge in [0, 0.05) is 5.69 Å². The molecule has 2 heterocycles. The monoisotopic (exact) mass is 305 g/mol. The lowest BCUT2D eigenvalue weighted by atomic mass is 10.2. The fourth-order valence-electron chi connectivity index (χ4n) is 1.76. The van der Waals surface area contributed by atoms with Crippen LogP contribution in [0.15, 0.2) is 35.7 Å². The van der Waals surface area contributed by atoms with Gasteiger partial charge in [-0.3, -0.25) is 0 Å². The number of halogens is 1. The summed E-state index contributed by atoms with van der Waals surface area (Å²) in [5, 5.41) is 14.9.